The Morgan fingerprint density at radius 1 is 1.29 bits per heavy atom. The Hall–Kier alpha value is -1.18. The van der Waals surface area contributed by atoms with E-state index in [2.05, 4.69) is 30.4 Å². The SMILES string of the molecule is CC(Nc1ccc2c(c1)CCO2)C1CCCC1. The molecule has 1 aromatic carbocycles. The van der Waals surface area contributed by atoms with Crippen molar-refractivity contribution in [2.24, 2.45) is 5.92 Å². The van der Waals surface area contributed by atoms with Gasteiger partial charge in [0.25, 0.3) is 0 Å². The van der Waals surface area contributed by atoms with Crippen LogP contribution in [0.4, 0.5) is 5.69 Å². The van der Waals surface area contributed by atoms with E-state index in [-0.39, 0.29) is 0 Å². The van der Waals surface area contributed by atoms with E-state index in [1.54, 1.807) is 0 Å². The third kappa shape index (κ3) is 2.26. The summed E-state index contributed by atoms with van der Waals surface area (Å²) in [6.07, 6.45) is 6.66. The van der Waals surface area contributed by atoms with Crippen LogP contribution >= 0.6 is 0 Å². The van der Waals surface area contributed by atoms with Gasteiger partial charge in [-0.05, 0) is 49.4 Å². The maximum absolute atomic E-state index is 5.53. The molecule has 0 spiro atoms. The standard InChI is InChI=1S/C15H21NO/c1-11(12-4-2-3-5-12)16-14-6-7-15-13(10-14)8-9-17-15/h6-7,10-12,16H,2-5,8-9H2,1H3. The van der Waals surface area contributed by atoms with Gasteiger partial charge in [-0.15, -0.1) is 0 Å². The van der Waals surface area contributed by atoms with Crippen molar-refractivity contribution in [3.05, 3.63) is 23.8 Å². The summed E-state index contributed by atoms with van der Waals surface area (Å²) in [5.74, 6) is 1.93. The Kier molecular flexibility index (Phi) is 2.96. The van der Waals surface area contributed by atoms with Crippen molar-refractivity contribution < 1.29 is 4.74 Å². The summed E-state index contributed by atoms with van der Waals surface area (Å²) >= 11 is 0. The van der Waals surface area contributed by atoms with Crippen molar-refractivity contribution in [1.82, 2.24) is 0 Å². The molecule has 1 aliphatic heterocycles. The van der Waals surface area contributed by atoms with Crippen LogP contribution in [-0.4, -0.2) is 12.6 Å². The second-order valence-electron chi connectivity index (χ2n) is 5.40. The van der Waals surface area contributed by atoms with Gasteiger partial charge in [-0.2, -0.15) is 0 Å². The largest absolute Gasteiger partial charge is 0.493 e. The number of ether oxygens (including phenoxy) is 1. The van der Waals surface area contributed by atoms with Gasteiger partial charge in [0.05, 0.1) is 6.61 Å². The van der Waals surface area contributed by atoms with Crippen molar-refractivity contribution in [2.75, 3.05) is 11.9 Å². The van der Waals surface area contributed by atoms with Gasteiger partial charge in [0.2, 0.25) is 0 Å². The van der Waals surface area contributed by atoms with E-state index in [9.17, 15) is 0 Å². The molecule has 1 aliphatic carbocycles. The molecule has 2 aliphatic rings. The molecule has 17 heavy (non-hydrogen) atoms. The van der Waals surface area contributed by atoms with Gasteiger partial charge in [0, 0.05) is 18.2 Å². The van der Waals surface area contributed by atoms with E-state index >= 15 is 0 Å². The summed E-state index contributed by atoms with van der Waals surface area (Å²) in [6.45, 7) is 3.16. The molecule has 1 unspecified atom stereocenters. The van der Waals surface area contributed by atoms with Crippen molar-refractivity contribution in [1.29, 1.82) is 0 Å². The Morgan fingerprint density at radius 2 is 2.12 bits per heavy atom. The second-order valence-corrected chi connectivity index (χ2v) is 5.40. The topological polar surface area (TPSA) is 21.3 Å². The first-order valence-corrected chi connectivity index (χ1v) is 6.85. The molecule has 92 valence electrons. The molecule has 2 nitrogen and oxygen atoms in total. The highest BCUT2D eigenvalue weighted by molar-refractivity contribution is 5.52. The van der Waals surface area contributed by atoms with Crippen LogP contribution < -0.4 is 10.1 Å². The van der Waals surface area contributed by atoms with Crippen LogP contribution in [0, 0.1) is 5.92 Å². The number of nitrogens with one attached hydrogen (secondary N) is 1. The molecule has 0 saturated heterocycles. The molecule has 1 atom stereocenters. The van der Waals surface area contributed by atoms with E-state index in [1.807, 2.05) is 0 Å². The Balaban J connectivity index is 1.68. The molecule has 1 fully saturated rings. The molecular formula is C15H21NO. The lowest BCUT2D eigenvalue weighted by molar-refractivity contribution is 0.357. The molecule has 1 saturated carbocycles. The maximum Gasteiger partial charge on any atom is 0.122 e. The van der Waals surface area contributed by atoms with E-state index in [4.69, 9.17) is 4.74 Å². The number of anilines is 1. The number of fused-ring (bicyclic) bond motifs is 1. The smallest absolute Gasteiger partial charge is 0.122 e. The highest BCUT2D eigenvalue weighted by atomic mass is 16.5. The van der Waals surface area contributed by atoms with E-state index in [0.29, 0.717) is 6.04 Å². The Bertz CT molecular complexity index is 396. The summed E-state index contributed by atoms with van der Waals surface area (Å²) in [5, 5.41) is 3.66. The van der Waals surface area contributed by atoms with Crippen LogP contribution in [0.15, 0.2) is 18.2 Å². The minimum Gasteiger partial charge on any atom is -0.493 e. The number of rotatable bonds is 3. The lowest BCUT2D eigenvalue weighted by Crippen LogP contribution is -2.23. The molecule has 0 amide bonds. The van der Waals surface area contributed by atoms with E-state index in [0.717, 1.165) is 24.7 Å². The van der Waals surface area contributed by atoms with Gasteiger partial charge in [0.1, 0.15) is 5.75 Å². The Morgan fingerprint density at radius 3 is 2.94 bits per heavy atom. The van der Waals surface area contributed by atoms with Gasteiger partial charge >= 0.3 is 0 Å². The molecule has 0 aromatic heterocycles. The van der Waals surface area contributed by atoms with Crippen molar-refractivity contribution in [2.45, 2.75) is 45.1 Å². The highest BCUT2D eigenvalue weighted by Crippen LogP contribution is 2.31. The molecule has 1 N–H and O–H groups in total. The third-order valence-corrected chi connectivity index (χ3v) is 4.19. The van der Waals surface area contributed by atoms with Gasteiger partial charge in [-0.25, -0.2) is 0 Å². The first-order chi connectivity index (χ1) is 8.33. The minimum atomic E-state index is 0.595. The van der Waals surface area contributed by atoms with Gasteiger partial charge in [-0.3, -0.25) is 0 Å². The Labute approximate surface area is 103 Å². The average molecular weight is 231 g/mol. The number of benzene rings is 1. The van der Waals surface area contributed by atoms with Crippen LogP contribution in [-0.2, 0) is 6.42 Å². The zero-order valence-electron chi connectivity index (χ0n) is 10.5. The zero-order valence-corrected chi connectivity index (χ0v) is 10.5. The first-order valence-electron chi connectivity index (χ1n) is 6.85. The lowest BCUT2D eigenvalue weighted by Gasteiger charge is -2.21. The molecule has 0 radical (unpaired) electrons. The fourth-order valence-electron chi connectivity index (χ4n) is 3.11. The molecular weight excluding hydrogens is 210 g/mol. The predicted molar refractivity (Wildman–Crippen MR) is 70.7 cm³/mol. The summed E-state index contributed by atoms with van der Waals surface area (Å²) in [4.78, 5) is 0. The van der Waals surface area contributed by atoms with Gasteiger partial charge < -0.3 is 10.1 Å². The van der Waals surface area contributed by atoms with Crippen LogP contribution in [0.1, 0.15) is 38.2 Å². The minimum absolute atomic E-state index is 0.595. The fourth-order valence-corrected chi connectivity index (χ4v) is 3.11. The molecule has 3 rings (SSSR count). The second kappa shape index (κ2) is 4.59. The maximum atomic E-state index is 5.53. The number of hydrogen-bond acceptors (Lipinski definition) is 2. The van der Waals surface area contributed by atoms with Crippen LogP contribution in [0.25, 0.3) is 0 Å². The molecule has 1 aromatic rings. The van der Waals surface area contributed by atoms with Crippen LogP contribution in [0.3, 0.4) is 0 Å². The molecule has 1 heterocycles. The normalized spacial score (nSPS) is 21.0. The van der Waals surface area contributed by atoms with Crippen LogP contribution in [0.2, 0.25) is 0 Å². The summed E-state index contributed by atoms with van der Waals surface area (Å²) in [6, 6.07) is 7.10. The molecule has 2 heteroatoms. The van der Waals surface area contributed by atoms with Crippen molar-refractivity contribution >= 4 is 5.69 Å². The van der Waals surface area contributed by atoms with E-state index in [1.165, 1.54) is 36.9 Å². The fraction of sp³-hybridized carbons (Fsp3) is 0.600. The summed E-state index contributed by atoms with van der Waals surface area (Å²) in [7, 11) is 0. The number of hydrogen-bond donors (Lipinski definition) is 1. The predicted octanol–water partition coefficient (Wildman–Crippen LogP) is 3.61. The zero-order chi connectivity index (χ0) is 11.7. The van der Waals surface area contributed by atoms with Crippen molar-refractivity contribution in [3.8, 4) is 5.75 Å². The van der Waals surface area contributed by atoms with Gasteiger partial charge in [-0.1, -0.05) is 12.8 Å². The van der Waals surface area contributed by atoms with Gasteiger partial charge in [0.15, 0.2) is 0 Å². The highest BCUT2D eigenvalue weighted by Gasteiger charge is 2.21. The average Bonchev–Trinajstić information content (AvgIpc) is 2.99. The monoisotopic (exact) mass is 231 g/mol. The first kappa shape index (κ1) is 10.9. The van der Waals surface area contributed by atoms with Crippen LogP contribution in [0.5, 0.6) is 5.75 Å². The molecule has 0 bridgehead atoms. The lowest BCUT2D eigenvalue weighted by atomic mass is 9.99. The third-order valence-electron chi connectivity index (χ3n) is 4.19. The summed E-state index contributed by atoms with van der Waals surface area (Å²) < 4.78 is 5.53. The van der Waals surface area contributed by atoms with E-state index < -0.39 is 0 Å². The van der Waals surface area contributed by atoms with Crippen molar-refractivity contribution in [3.63, 3.8) is 0 Å². The summed E-state index contributed by atoms with van der Waals surface area (Å²) in [5.41, 5.74) is 2.61. The quantitative estimate of drug-likeness (QED) is 0.858.